The van der Waals surface area contributed by atoms with E-state index in [1.165, 1.54) is 12.1 Å². The molecule has 1 heterocycles. The first-order chi connectivity index (χ1) is 18.8. The van der Waals surface area contributed by atoms with Crippen molar-refractivity contribution in [2.24, 2.45) is 0 Å². The van der Waals surface area contributed by atoms with Crippen molar-refractivity contribution >= 4 is 34.7 Å². The maximum atomic E-state index is 13.2. The molecule has 0 saturated heterocycles. The van der Waals surface area contributed by atoms with E-state index in [2.05, 4.69) is 15.6 Å². The highest BCUT2D eigenvalue weighted by Crippen LogP contribution is 2.31. The highest BCUT2D eigenvalue weighted by molar-refractivity contribution is 6.04. The number of nitrogens with zero attached hydrogens (tertiary/aromatic N) is 2. The van der Waals surface area contributed by atoms with Gasteiger partial charge in [-0.1, -0.05) is 18.2 Å². The molecule has 4 aromatic rings. The van der Waals surface area contributed by atoms with Crippen molar-refractivity contribution in [3.05, 3.63) is 83.4 Å². The van der Waals surface area contributed by atoms with Gasteiger partial charge in [0.1, 0.15) is 5.60 Å². The summed E-state index contributed by atoms with van der Waals surface area (Å²) in [6.45, 7) is 8.02. The van der Waals surface area contributed by atoms with Crippen molar-refractivity contribution in [3.8, 4) is 5.69 Å². The molecule has 0 bridgehead atoms. The van der Waals surface area contributed by atoms with Crippen LogP contribution in [-0.2, 0) is 22.3 Å². The second-order valence-corrected chi connectivity index (χ2v) is 9.94. The normalized spacial score (nSPS) is 11.9. The number of alkyl halides is 3. The van der Waals surface area contributed by atoms with Gasteiger partial charge in [0.15, 0.2) is 0 Å². The molecule has 0 atom stereocenters. The Morgan fingerprint density at radius 1 is 0.950 bits per heavy atom. The summed E-state index contributed by atoms with van der Waals surface area (Å²) in [5.41, 5.74) is 1.17. The number of aromatic nitrogens is 2. The number of amides is 2. The van der Waals surface area contributed by atoms with E-state index in [-0.39, 0.29) is 11.5 Å². The van der Waals surface area contributed by atoms with Gasteiger partial charge in [0.05, 0.1) is 28.9 Å². The van der Waals surface area contributed by atoms with Gasteiger partial charge in [-0.15, -0.1) is 0 Å². The first-order valence-corrected chi connectivity index (χ1v) is 12.5. The average Bonchev–Trinajstić information content (AvgIpc) is 3.23. The minimum Gasteiger partial charge on any atom is -0.444 e. The van der Waals surface area contributed by atoms with Crippen LogP contribution in [0.15, 0.2) is 66.7 Å². The summed E-state index contributed by atoms with van der Waals surface area (Å²) in [6.07, 6.45) is -5.24. The highest BCUT2D eigenvalue weighted by atomic mass is 19.4. The zero-order chi connectivity index (χ0) is 29.1. The third-order valence-electron chi connectivity index (χ3n) is 5.62. The van der Waals surface area contributed by atoms with Gasteiger partial charge in [-0.05, 0) is 81.8 Å². The van der Waals surface area contributed by atoms with E-state index >= 15 is 0 Å². The Hall–Kier alpha value is -4.38. The molecule has 0 saturated carbocycles. The van der Waals surface area contributed by atoms with Crippen LogP contribution in [0.1, 0.15) is 49.2 Å². The number of carbonyl (C=O) groups excluding carboxylic acids is 2. The number of imidazole rings is 1. The van der Waals surface area contributed by atoms with Gasteiger partial charge < -0.3 is 9.47 Å². The molecule has 3 aromatic carbocycles. The summed E-state index contributed by atoms with van der Waals surface area (Å²) in [4.78, 5) is 30.0. The van der Waals surface area contributed by atoms with Crippen LogP contribution in [0.4, 0.5) is 29.6 Å². The number of ether oxygens (including phenoxy) is 2. The average molecular weight is 555 g/mol. The van der Waals surface area contributed by atoms with Crippen molar-refractivity contribution in [2.45, 2.75) is 46.1 Å². The Morgan fingerprint density at radius 3 is 2.40 bits per heavy atom. The van der Waals surface area contributed by atoms with E-state index < -0.39 is 29.3 Å². The van der Waals surface area contributed by atoms with Gasteiger partial charge in [-0.2, -0.15) is 13.2 Å². The third-order valence-corrected chi connectivity index (χ3v) is 5.62. The number of benzene rings is 3. The monoisotopic (exact) mass is 554 g/mol. The fraction of sp³-hybridized carbons (Fsp3) is 0.276. The first-order valence-electron chi connectivity index (χ1n) is 12.5. The maximum absolute atomic E-state index is 13.2. The zero-order valence-electron chi connectivity index (χ0n) is 22.4. The lowest BCUT2D eigenvalue weighted by atomic mass is 10.1. The number of hydrogen-bond acceptors (Lipinski definition) is 5. The molecule has 210 valence electrons. The number of carbonyl (C=O) groups is 2. The molecule has 1 aromatic heterocycles. The Labute approximate surface area is 229 Å². The lowest BCUT2D eigenvalue weighted by Gasteiger charge is -2.20. The molecule has 0 aliphatic carbocycles. The number of hydrogen-bond donors (Lipinski definition) is 2. The van der Waals surface area contributed by atoms with E-state index in [4.69, 9.17) is 9.47 Å². The third kappa shape index (κ3) is 6.97. The predicted molar refractivity (Wildman–Crippen MR) is 146 cm³/mol. The molecule has 0 radical (unpaired) electrons. The highest BCUT2D eigenvalue weighted by Gasteiger charge is 2.31. The Morgan fingerprint density at radius 2 is 1.70 bits per heavy atom. The second-order valence-electron chi connectivity index (χ2n) is 9.94. The smallest absolute Gasteiger partial charge is 0.416 e. The number of halogens is 3. The molecule has 11 heteroatoms. The van der Waals surface area contributed by atoms with Crippen LogP contribution in [0, 0.1) is 0 Å². The lowest BCUT2D eigenvalue weighted by molar-refractivity contribution is -0.137. The molecule has 0 aliphatic heterocycles. The van der Waals surface area contributed by atoms with Crippen LogP contribution in [0.25, 0.3) is 16.7 Å². The summed E-state index contributed by atoms with van der Waals surface area (Å²) in [7, 11) is 0. The predicted octanol–water partition coefficient (Wildman–Crippen LogP) is 7.18. The number of fused-ring (bicyclic) bond motifs is 1. The van der Waals surface area contributed by atoms with Gasteiger partial charge in [-0.3, -0.25) is 20.0 Å². The standard InChI is InChI=1S/C29H29F3N4O4/c1-5-39-17-18-12-13-24-23(14-18)34-26(35-25(37)19-8-6-9-20(15-19)29(30,31)32)36(24)22-11-7-10-21(16-22)33-27(38)40-28(2,3)4/h6-16H,5,17H2,1-4H3,(H,33,38)(H,34,35,37). The Balaban J connectivity index is 1.74. The molecular weight excluding hydrogens is 525 g/mol. The van der Waals surface area contributed by atoms with Crippen LogP contribution in [0.5, 0.6) is 0 Å². The second kappa shape index (κ2) is 11.4. The van der Waals surface area contributed by atoms with E-state index in [0.29, 0.717) is 35.6 Å². The zero-order valence-corrected chi connectivity index (χ0v) is 22.4. The molecular formula is C29H29F3N4O4. The summed E-state index contributed by atoms with van der Waals surface area (Å²) >= 11 is 0. The molecule has 2 amide bonds. The van der Waals surface area contributed by atoms with E-state index in [1.807, 2.05) is 25.1 Å². The maximum Gasteiger partial charge on any atom is 0.416 e. The quantitative estimate of drug-likeness (QED) is 0.252. The number of rotatable bonds is 7. The molecule has 4 rings (SSSR count). The van der Waals surface area contributed by atoms with E-state index in [9.17, 15) is 22.8 Å². The van der Waals surface area contributed by atoms with Gasteiger partial charge >= 0.3 is 12.3 Å². The molecule has 0 fully saturated rings. The van der Waals surface area contributed by atoms with Crippen LogP contribution in [-0.4, -0.2) is 33.8 Å². The van der Waals surface area contributed by atoms with Crippen molar-refractivity contribution < 1.29 is 32.2 Å². The molecule has 8 nitrogen and oxygen atoms in total. The molecule has 0 spiro atoms. The minimum absolute atomic E-state index is 0.0837. The fourth-order valence-electron chi connectivity index (χ4n) is 3.94. The van der Waals surface area contributed by atoms with Crippen LogP contribution < -0.4 is 10.6 Å². The largest absolute Gasteiger partial charge is 0.444 e. The minimum atomic E-state index is -4.60. The lowest BCUT2D eigenvalue weighted by Crippen LogP contribution is -2.27. The van der Waals surface area contributed by atoms with Crippen molar-refractivity contribution in [3.63, 3.8) is 0 Å². The van der Waals surface area contributed by atoms with Crippen molar-refractivity contribution in [1.82, 2.24) is 9.55 Å². The summed E-state index contributed by atoms with van der Waals surface area (Å²) in [6, 6.07) is 16.4. The SMILES string of the molecule is CCOCc1ccc2c(c1)nc(NC(=O)c1cccc(C(F)(F)F)c1)n2-c1cccc(NC(=O)OC(C)(C)C)c1. The topological polar surface area (TPSA) is 94.5 Å². The summed E-state index contributed by atoms with van der Waals surface area (Å²) in [5, 5.41) is 5.33. The molecule has 2 N–H and O–H groups in total. The number of nitrogens with one attached hydrogen (secondary N) is 2. The van der Waals surface area contributed by atoms with Gasteiger partial charge in [0.2, 0.25) is 5.95 Å². The van der Waals surface area contributed by atoms with Crippen molar-refractivity contribution in [1.29, 1.82) is 0 Å². The molecule has 40 heavy (non-hydrogen) atoms. The van der Waals surface area contributed by atoms with E-state index in [0.717, 1.165) is 17.7 Å². The van der Waals surface area contributed by atoms with Crippen molar-refractivity contribution in [2.75, 3.05) is 17.2 Å². The van der Waals surface area contributed by atoms with Crippen LogP contribution >= 0.6 is 0 Å². The van der Waals surface area contributed by atoms with Gasteiger partial charge in [0.25, 0.3) is 5.91 Å². The number of anilines is 2. The first kappa shape index (κ1) is 28.6. The van der Waals surface area contributed by atoms with E-state index in [1.54, 1.807) is 49.6 Å². The molecule has 0 aliphatic rings. The van der Waals surface area contributed by atoms with Crippen LogP contribution in [0.2, 0.25) is 0 Å². The summed E-state index contributed by atoms with van der Waals surface area (Å²) in [5.74, 6) is -0.680. The van der Waals surface area contributed by atoms with Gasteiger partial charge in [0, 0.05) is 17.9 Å². The summed E-state index contributed by atoms with van der Waals surface area (Å²) < 4.78 is 52.2. The van der Waals surface area contributed by atoms with Crippen LogP contribution in [0.3, 0.4) is 0 Å². The Kier molecular flexibility index (Phi) is 8.15. The van der Waals surface area contributed by atoms with Gasteiger partial charge in [-0.25, -0.2) is 9.78 Å². The molecule has 0 unspecified atom stereocenters. The fourth-order valence-corrected chi connectivity index (χ4v) is 3.94. The Bertz CT molecular complexity index is 1540.